The molecule has 0 bridgehead atoms. The van der Waals surface area contributed by atoms with Gasteiger partial charge in [-0.05, 0) is 79.8 Å². The average Bonchev–Trinajstić information content (AvgIpc) is 3.03. The Bertz CT molecular complexity index is 914. The second kappa shape index (κ2) is 8.37. The first kappa shape index (κ1) is 18.5. The minimum Gasteiger partial charge on any atom is -0.294 e. The number of hydrogen-bond donors (Lipinski definition) is 0. The fourth-order valence-electron chi connectivity index (χ4n) is 2.93. The normalized spacial score (nSPS) is 10.9. The summed E-state index contributed by atoms with van der Waals surface area (Å²) in [7, 11) is 0. The van der Waals surface area contributed by atoms with E-state index in [2.05, 4.69) is 19.1 Å². The molecule has 0 saturated heterocycles. The van der Waals surface area contributed by atoms with Crippen LogP contribution in [-0.2, 0) is 6.42 Å². The van der Waals surface area contributed by atoms with Gasteiger partial charge in [-0.15, -0.1) is 11.3 Å². The molecule has 3 rings (SSSR count). The Morgan fingerprint density at radius 3 is 2.46 bits per heavy atom. The number of carbonyl (C=O) groups is 1. The summed E-state index contributed by atoms with van der Waals surface area (Å²) in [6, 6.07) is 14.4. The summed E-state index contributed by atoms with van der Waals surface area (Å²) in [5.74, 6) is -0.947. The van der Waals surface area contributed by atoms with E-state index < -0.39 is 5.82 Å². The standard InChI is InChI=1S/C22H20F2OS/c1-15-9-10-21(26-15)7-2-3-8-22(25)18-11-17(13-20(24)14-18)16-5-4-6-19(23)12-16/h4-6,9-14H,2-3,7-8H2,1H3. The van der Waals surface area contributed by atoms with Crippen LogP contribution >= 0.6 is 11.3 Å². The third kappa shape index (κ3) is 4.85. The molecule has 0 radical (unpaired) electrons. The molecular formula is C22H20F2OS. The molecule has 0 saturated carbocycles. The third-order valence-electron chi connectivity index (χ3n) is 4.25. The quantitative estimate of drug-likeness (QED) is 0.338. The van der Waals surface area contributed by atoms with Crippen molar-refractivity contribution in [3.05, 3.63) is 81.5 Å². The molecule has 0 atom stereocenters. The highest BCUT2D eigenvalue weighted by atomic mass is 32.1. The number of ketones is 1. The van der Waals surface area contributed by atoms with E-state index in [1.165, 1.54) is 34.0 Å². The van der Waals surface area contributed by atoms with Crippen molar-refractivity contribution < 1.29 is 13.6 Å². The fourth-order valence-corrected chi connectivity index (χ4v) is 3.87. The molecule has 26 heavy (non-hydrogen) atoms. The molecule has 0 fully saturated rings. The predicted molar refractivity (Wildman–Crippen MR) is 103 cm³/mol. The highest BCUT2D eigenvalue weighted by molar-refractivity contribution is 7.11. The largest absolute Gasteiger partial charge is 0.294 e. The Balaban J connectivity index is 1.63. The van der Waals surface area contributed by atoms with E-state index in [0.717, 1.165) is 19.3 Å². The maximum atomic E-state index is 13.9. The lowest BCUT2D eigenvalue weighted by Crippen LogP contribution is -2.01. The van der Waals surface area contributed by atoms with Gasteiger partial charge in [0.15, 0.2) is 5.78 Å². The zero-order valence-electron chi connectivity index (χ0n) is 14.6. The van der Waals surface area contributed by atoms with Crippen LogP contribution in [0.1, 0.15) is 39.4 Å². The van der Waals surface area contributed by atoms with Gasteiger partial charge >= 0.3 is 0 Å². The summed E-state index contributed by atoms with van der Waals surface area (Å²) in [6.07, 6.45) is 3.04. The number of hydrogen-bond acceptors (Lipinski definition) is 2. The number of Topliss-reactive ketones (excluding diaryl/α,β-unsaturated/α-hetero) is 1. The summed E-state index contributed by atoms with van der Waals surface area (Å²) >= 11 is 1.78. The molecule has 4 heteroatoms. The summed E-state index contributed by atoms with van der Waals surface area (Å²) in [5, 5.41) is 0. The maximum absolute atomic E-state index is 13.9. The van der Waals surface area contributed by atoms with E-state index in [9.17, 15) is 13.6 Å². The Hall–Kier alpha value is -2.33. The van der Waals surface area contributed by atoms with Gasteiger partial charge < -0.3 is 0 Å². The zero-order valence-corrected chi connectivity index (χ0v) is 15.4. The lowest BCUT2D eigenvalue weighted by Gasteiger charge is -2.07. The monoisotopic (exact) mass is 370 g/mol. The molecule has 0 aliphatic heterocycles. The van der Waals surface area contributed by atoms with Gasteiger partial charge in [-0.3, -0.25) is 4.79 Å². The molecule has 0 aliphatic rings. The van der Waals surface area contributed by atoms with Crippen LogP contribution in [0.25, 0.3) is 11.1 Å². The first-order chi connectivity index (χ1) is 12.5. The van der Waals surface area contributed by atoms with Gasteiger partial charge in [-0.25, -0.2) is 8.78 Å². The van der Waals surface area contributed by atoms with Crippen LogP contribution in [0, 0.1) is 18.6 Å². The van der Waals surface area contributed by atoms with Gasteiger partial charge in [-0.1, -0.05) is 12.1 Å². The van der Waals surface area contributed by atoms with E-state index in [1.54, 1.807) is 29.5 Å². The zero-order chi connectivity index (χ0) is 18.5. The fraction of sp³-hybridized carbons (Fsp3) is 0.227. The van der Waals surface area contributed by atoms with Crippen molar-refractivity contribution >= 4 is 17.1 Å². The minimum absolute atomic E-state index is 0.0792. The Kier molecular flexibility index (Phi) is 5.94. The number of rotatable bonds is 7. The third-order valence-corrected chi connectivity index (χ3v) is 5.31. The van der Waals surface area contributed by atoms with Crippen molar-refractivity contribution in [2.45, 2.75) is 32.6 Å². The number of benzene rings is 2. The predicted octanol–water partition coefficient (Wildman–Crippen LogP) is 6.60. The van der Waals surface area contributed by atoms with Crippen molar-refractivity contribution in [3.8, 4) is 11.1 Å². The molecule has 2 aromatic carbocycles. The second-order valence-corrected chi connectivity index (χ2v) is 7.75. The molecule has 0 N–H and O–H groups in total. The Morgan fingerprint density at radius 1 is 0.923 bits per heavy atom. The molecule has 0 unspecified atom stereocenters. The highest BCUT2D eigenvalue weighted by Crippen LogP contribution is 2.24. The first-order valence-electron chi connectivity index (χ1n) is 8.66. The van der Waals surface area contributed by atoms with Gasteiger partial charge in [0.25, 0.3) is 0 Å². The maximum Gasteiger partial charge on any atom is 0.162 e. The average molecular weight is 370 g/mol. The van der Waals surface area contributed by atoms with E-state index in [4.69, 9.17) is 0 Å². The van der Waals surface area contributed by atoms with Crippen molar-refractivity contribution in [2.24, 2.45) is 0 Å². The van der Waals surface area contributed by atoms with Crippen LogP contribution in [0.3, 0.4) is 0 Å². The molecule has 134 valence electrons. The minimum atomic E-state index is -0.482. The number of carbonyl (C=O) groups excluding carboxylic acids is 1. The van der Waals surface area contributed by atoms with E-state index in [-0.39, 0.29) is 11.6 Å². The van der Waals surface area contributed by atoms with Crippen molar-refractivity contribution in [3.63, 3.8) is 0 Å². The van der Waals surface area contributed by atoms with Crippen LogP contribution in [0.15, 0.2) is 54.6 Å². The summed E-state index contributed by atoms with van der Waals surface area (Å²) in [6.45, 7) is 2.08. The molecule has 1 aromatic heterocycles. The van der Waals surface area contributed by atoms with Gasteiger partial charge in [0.2, 0.25) is 0 Å². The Labute approximate surface area is 156 Å². The van der Waals surface area contributed by atoms with E-state index in [1.807, 2.05) is 0 Å². The van der Waals surface area contributed by atoms with Gasteiger partial charge in [0.05, 0.1) is 0 Å². The van der Waals surface area contributed by atoms with Gasteiger partial charge in [0, 0.05) is 21.7 Å². The molecule has 0 amide bonds. The van der Waals surface area contributed by atoms with Crippen LogP contribution in [0.4, 0.5) is 8.78 Å². The molecule has 3 aromatic rings. The number of aryl methyl sites for hydroxylation is 2. The molecular weight excluding hydrogens is 350 g/mol. The SMILES string of the molecule is Cc1ccc(CCCCC(=O)c2cc(F)cc(-c3cccc(F)c3)c2)s1. The van der Waals surface area contributed by atoms with Crippen LogP contribution < -0.4 is 0 Å². The number of thiophene rings is 1. The van der Waals surface area contributed by atoms with E-state index in [0.29, 0.717) is 23.1 Å². The topological polar surface area (TPSA) is 17.1 Å². The van der Waals surface area contributed by atoms with Crippen molar-refractivity contribution in [1.82, 2.24) is 0 Å². The number of halogens is 2. The Morgan fingerprint density at radius 2 is 1.73 bits per heavy atom. The van der Waals surface area contributed by atoms with Gasteiger partial charge in [0.1, 0.15) is 11.6 Å². The first-order valence-corrected chi connectivity index (χ1v) is 9.48. The molecule has 1 nitrogen and oxygen atoms in total. The van der Waals surface area contributed by atoms with Crippen LogP contribution in [0.2, 0.25) is 0 Å². The highest BCUT2D eigenvalue weighted by Gasteiger charge is 2.11. The van der Waals surface area contributed by atoms with Gasteiger partial charge in [-0.2, -0.15) is 0 Å². The lowest BCUT2D eigenvalue weighted by atomic mass is 9.98. The van der Waals surface area contributed by atoms with Crippen LogP contribution in [-0.4, -0.2) is 5.78 Å². The van der Waals surface area contributed by atoms with E-state index >= 15 is 0 Å². The number of unbranched alkanes of at least 4 members (excludes halogenated alkanes) is 1. The molecule has 1 heterocycles. The molecule has 0 aliphatic carbocycles. The van der Waals surface area contributed by atoms with Crippen molar-refractivity contribution in [2.75, 3.05) is 0 Å². The summed E-state index contributed by atoms with van der Waals surface area (Å²) < 4.78 is 27.3. The second-order valence-electron chi connectivity index (χ2n) is 6.38. The van der Waals surface area contributed by atoms with Crippen molar-refractivity contribution in [1.29, 1.82) is 0 Å². The summed E-state index contributed by atoms with van der Waals surface area (Å²) in [4.78, 5) is 15.0. The smallest absolute Gasteiger partial charge is 0.162 e. The summed E-state index contributed by atoms with van der Waals surface area (Å²) in [5.41, 5.74) is 1.42. The van der Waals surface area contributed by atoms with Crippen LogP contribution in [0.5, 0.6) is 0 Å². The lowest BCUT2D eigenvalue weighted by molar-refractivity contribution is 0.0979. The molecule has 0 spiro atoms.